The van der Waals surface area contributed by atoms with Crippen LogP contribution in [0.2, 0.25) is 0 Å². The van der Waals surface area contributed by atoms with E-state index in [1.807, 2.05) is 0 Å². The molecule has 0 bridgehead atoms. The van der Waals surface area contributed by atoms with Crippen molar-refractivity contribution in [2.75, 3.05) is 7.11 Å². The summed E-state index contributed by atoms with van der Waals surface area (Å²) in [7, 11) is 1.16. The number of esters is 1. The first-order chi connectivity index (χ1) is 10.0. The molecule has 2 N–H and O–H groups in total. The Balaban J connectivity index is 2.37. The number of methoxy groups -OCH3 is 1. The zero-order chi connectivity index (χ0) is 15.4. The molecule has 0 heterocycles. The van der Waals surface area contributed by atoms with E-state index in [1.54, 1.807) is 12.1 Å². The van der Waals surface area contributed by atoms with Gasteiger partial charge >= 0.3 is 11.9 Å². The first-order valence-electron chi connectivity index (χ1n) is 5.94. The van der Waals surface area contributed by atoms with Crippen molar-refractivity contribution in [3.63, 3.8) is 0 Å². The lowest BCUT2D eigenvalue weighted by Crippen LogP contribution is -2.10. The number of phenols is 1. The van der Waals surface area contributed by atoms with Gasteiger partial charge in [0.2, 0.25) is 0 Å². The van der Waals surface area contributed by atoms with E-state index in [9.17, 15) is 14.7 Å². The van der Waals surface area contributed by atoms with E-state index in [0.717, 1.165) is 7.11 Å². The lowest BCUT2D eigenvalue weighted by Gasteiger charge is -2.09. The second-order valence-electron chi connectivity index (χ2n) is 4.10. The molecule has 0 aromatic heterocycles. The summed E-state index contributed by atoms with van der Waals surface area (Å²) in [5.74, 6) is -1.36. The molecule has 0 amide bonds. The Bertz CT molecular complexity index is 692. The van der Waals surface area contributed by atoms with Gasteiger partial charge in [-0.25, -0.2) is 9.59 Å². The van der Waals surface area contributed by atoms with Crippen LogP contribution in [0.1, 0.15) is 20.7 Å². The van der Waals surface area contributed by atoms with E-state index in [-0.39, 0.29) is 22.6 Å². The van der Waals surface area contributed by atoms with Crippen molar-refractivity contribution in [1.82, 2.24) is 0 Å². The lowest BCUT2D eigenvalue weighted by atomic mass is 10.1. The summed E-state index contributed by atoms with van der Waals surface area (Å²) in [6.45, 7) is 0. The molecule has 0 spiro atoms. The van der Waals surface area contributed by atoms with Crippen LogP contribution in [-0.2, 0) is 4.74 Å². The largest absolute Gasteiger partial charge is 0.508 e. The van der Waals surface area contributed by atoms with Crippen LogP contribution in [0.15, 0.2) is 42.5 Å². The van der Waals surface area contributed by atoms with Gasteiger partial charge in [-0.2, -0.15) is 0 Å². The Morgan fingerprint density at radius 3 is 2.33 bits per heavy atom. The van der Waals surface area contributed by atoms with Crippen molar-refractivity contribution in [2.24, 2.45) is 0 Å². The van der Waals surface area contributed by atoms with Gasteiger partial charge in [0, 0.05) is 6.07 Å². The number of ether oxygens (including phenoxy) is 2. The fourth-order valence-corrected chi connectivity index (χ4v) is 1.74. The summed E-state index contributed by atoms with van der Waals surface area (Å²) in [6, 6.07) is 10.0. The van der Waals surface area contributed by atoms with Crippen molar-refractivity contribution >= 4 is 11.9 Å². The summed E-state index contributed by atoms with van der Waals surface area (Å²) in [6.07, 6.45) is 0. The van der Waals surface area contributed by atoms with Crippen molar-refractivity contribution in [3.8, 4) is 17.2 Å². The molecule has 0 saturated heterocycles. The van der Waals surface area contributed by atoms with Crippen LogP contribution in [0.4, 0.5) is 0 Å². The third-order valence-electron chi connectivity index (χ3n) is 2.68. The van der Waals surface area contributed by atoms with E-state index >= 15 is 0 Å². The summed E-state index contributed by atoms with van der Waals surface area (Å²) in [4.78, 5) is 22.7. The van der Waals surface area contributed by atoms with Crippen molar-refractivity contribution in [1.29, 1.82) is 0 Å². The Labute approximate surface area is 120 Å². The fraction of sp³-hybridized carbons (Fsp3) is 0.0667. The summed E-state index contributed by atoms with van der Waals surface area (Å²) < 4.78 is 10.0. The zero-order valence-electron chi connectivity index (χ0n) is 11.1. The number of carboxylic acid groups (broad SMARTS) is 1. The fourth-order valence-electron chi connectivity index (χ4n) is 1.74. The second-order valence-corrected chi connectivity index (χ2v) is 4.10. The highest BCUT2D eigenvalue weighted by Crippen LogP contribution is 2.26. The molecule has 2 aromatic carbocycles. The number of hydrogen-bond donors (Lipinski definition) is 2. The van der Waals surface area contributed by atoms with Crippen LogP contribution < -0.4 is 4.74 Å². The minimum atomic E-state index is -1.24. The molecule has 0 fully saturated rings. The molecule has 108 valence electrons. The van der Waals surface area contributed by atoms with Gasteiger partial charge in [-0.1, -0.05) is 6.07 Å². The van der Waals surface area contributed by atoms with Crippen LogP contribution in [0.5, 0.6) is 17.2 Å². The van der Waals surface area contributed by atoms with Crippen molar-refractivity contribution in [3.05, 3.63) is 53.6 Å². The molecule has 6 nitrogen and oxygen atoms in total. The quantitative estimate of drug-likeness (QED) is 0.840. The number of aromatic hydroxyl groups is 1. The molecule has 2 rings (SSSR count). The van der Waals surface area contributed by atoms with E-state index in [2.05, 4.69) is 4.74 Å². The summed E-state index contributed by atoms with van der Waals surface area (Å²) in [5.41, 5.74) is -0.284. The van der Waals surface area contributed by atoms with Crippen LogP contribution in [0.3, 0.4) is 0 Å². The number of aromatic carboxylic acids is 1. The monoisotopic (exact) mass is 288 g/mol. The van der Waals surface area contributed by atoms with Gasteiger partial charge in [0.15, 0.2) is 0 Å². The van der Waals surface area contributed by atoms with Crippen LogP contribution >= 0.6 is 0 Å². The maximum Gasteiger partial charge on any atom is 0.338 e. The number of carbonyl (C=O) groups excluding carboxylic acids is 1. The minimum absolute atomic E-state index is 0.0304. The first kappa shape index (κ1) is 14.4. The molecule has 0 radical (unpaired) electrons. The third-order valence-corrected chi connectivity index (χ3v) is 2.68. The molecule has 0 aliphatic heterocycles. The average Bonchev–Trinajstić information content (AvgIpc) is 2.46. The SMILES string of the molecule is COC(=O)c1cc(Oc2cccc(O)c2)ccc1C(=O)O. The molecule has 6 heteroatoms. The van der Waals surface area contributed by atoms with E-state index in [0.29, 0.717) is 5.75 Å². The van der Waals surface area contributed by atoms with Gasteiger partial charge in [0.25, 0.3) is 0 Å². The molecule has 0 aliphatic carbocycles. The smallest absolute Gasteiger partial charge is 0.338 e. The van der Waals surface area contributed by atoms with Crippen molar-refractivity contribution in [2.45, 2.75) is 0 Å². The predicted octanol–water partition coefficient (Wildman–Crippen LogP) is 2.67. The van der Waals surface area contributed by atoms with E-state index in [4.69, 9.17) is 9.84 Å². The minimum Gasteiger partial charge on any atom is -0.508 e. The highest BCUT2D eigenvalue weighted by atomic mass is 16.5. The Hall–Kier alpha value is -3.02. The molecular weight excluding hydrogens is 276 g/mol. The van der Waals surface area contributed by atoms with E-state index in [1.165, 1.54) is 30.3 Å². The highest BCUT2D eigenvalue weighted by Gasteiger charge is 2.18. The number of hydrogen-bond acceptors (Lipinski definition) is 5. The molecule has 0 atom stereocenters. The predicted molar refractivity (Wildman–Crippen MR) is 72.9 cm³/mol. The molecule has 21 heavy (non-hydrogen) atoms. The molecule has 2 aromatic rings. The zero-order valence-corrected chi connectivity index (χ0v) is 11.1. The maximum absolute atomic E-state index is 11.6. The number of benzene rings is 2. The lowest BCUT2D eigenvalue weighted by molar-refractivity contribution is 0.0582. The van der Waals surface area contributed by atoms with Gasteiger partial charge in [0.1, 0.15) is 17.2 Å². The molecule has 0 aliphatic rings. The Morgan fingerprint density at radius 1 is 1.00 bits per heavy atom. The van der Waals surface area contributed by atoms with Gasteiger partial charge in [-0.05, 0) is 30.3 Å². The second kappa shape index (κ2) is 5.96. The number of phenolic OH excluding ortho intramolecular Hbond substituents is 1. The standard InChI is InChI=1S/C15H12O6/c1-20-15(19)13-8-11(5-6-12(13)14(17)18)21-10-4-2-3-9(16)7-10/h2-8,16H,1H3,(H,17,18). The maximum atomic E-state index is 11.6. The third kappa shape index (κ3) is 3.30. The number of carboxylic acids is 1. The van der Waals surface area contributed by atoms with Gasteiger partial charge in [-0.3, -0.25) is 0 Å². The molecular formula is C15H12O6. The average molecular weight is 288 g/mol. The summed E-state index contributed by atoms with van der Waals surface area (Å²) >= 11 is 0. The number of carbonyl (C=O) groups is 2. The topological polar surface area (TPSA) is 93.1 Å². The van der Waals surface area contributed by atoms with Gasteiger partial charge in [0.05, 0.1) is 18.2 Å². The van der Waals surface area contributed by atoms with E-state index < -0.39 is 11.9 Å². The molecule has 0 unspecified atom stereocenters. The van der Waals surface area contributed by atoms with Crippen LogP contribution in [0, 0.1) is 0 Å². The molecule has 0 saturated carbocycles. The Kier molecular flexibility index (Phi) is 4.08. The van der Waals surface area contributed by atoms with Gasteiger partial charge in [-0.15, -0.1) is 0 Å². The Morgan fingerprint density at radius 2 is 1.71 bits per heavy atom. The normalized spacial score (nSPS) is 9.95. The first-order valence-corrected chi connectivity index (χ1v) is 5.94. The summed E-state index contributed by atoms with van der Waals surface area (Å²) in [5, 5.41) is 18.4. The number of rotatable bonds is 4. The van der Waals surface area contributed by atoms with Gasteiger partial charge < -0.3 is 19.7 Å². The van der Waals surface area contributed by atoms with Crippen LogP contribution in [0.25, 0.3) is 0 Å². The van der Waals surface area contributed by atoms with Crippen LogP contribution in [-0.4, -0.2) is 29.3 Å². The van der Waals surface area contributed by atoms with Crippen molar-refractivity contribution < 1.29 is 29.3 Å². The highest BCUT2D eigenvalue weighted by molar-refractivity contribution is 6.02.